The summed E-state index contributed by atoms with van der Waals surface area (Å²) >= 11 is 0. The smallest absolute Gasteiger partial charge is 0.356 e. The van der Waals surface area contributed by atoms with Crippen molar-refractivity contribution in [2.45, 2.75) is 58.2 Å². The van der Waals surface area contributed by atoms with E-state index in [9.17, 15) is 9.36 Å². The van der Waals surface area contributed by atoms with Crippen molar-refractivity contribution in [2.75, 3.05) is 38.5 Å². The van der Waals surface area contributed by atoms with Crippen LogP contribution in [0.3, 0.4) is 0 Å². The molecule has 0 aliphatic carbocycles. The lowest BCUT2D eigenvalue weighted by molar-refractivity contribution is -0.0648. The van der Waals surface area contributed by atoms with Gasteiger partial charge in [-0.15, -0.1) is 0 Å². The molecule has 0 bridgehead atoms. The number of methoxy groups -OCH3 is 1. The minimum absolute atomic E-state index is 0.0162. The lowest BCUT2D eigenvalue weighted by atomic mass is 9.80. The number of nitrogens with one attached hydrogen (secondary N) is 1. The van der Waals surface area contributed by atoms with Gasteiger partial charge in [-0.05, 0) is 50.5 Å². The van der Waals surface area contributed by atoms with Gasteiger partial charge in [-0.25, -0.2) is 4.79 Å². The molecule has 0 aliphatic heterocycles. The van der Waals surface area contributed by atoms with Crippen LogP contribution in [-0.2, 0) is 40.0 Å². The van der Waals surface area contributed by atoms with Gasteiger partial charge in [0.15, 0.2) is 0 Å². The number of anilines is 1. The fourth-order valence-corrected chi connectivity index (χ4v) is 7.08. The van der Waals surface area contributed by atoms with Crippen LogP contribution in [0.4, 0.5) is 5.82 Å². The zero-order chi connectivity index (χ0) is 33.7. The summed E-state index contributed by atoms with van der Waals surface area (Å²) in [6, 6.07) is 31.6. The Labute approximate surface area is 277 Å². The van der Waals surface area contributed by atoms with Gasteiger partial charge in [0.1, 0.15) is 17.8 Å². The molecule has 0 radical (unpaired) electrons. The largest absolute Gasteiger partial charge is 0.383 e. The van der Waals surface area contributed by atoms with Gasteiger partial charge in [0.2, 0.25) is 0 Å². The average molecular weight is 664 g/mol. The zero-order valence-electron chi connectivity index (χ0n) is 27.8. The summed E-state index contributed by atoms with van der Waals surface area (Å²) in [7, 11) is -2.06. The Hall–Kier alpha value is -3.63. The molecular weight excluding hydrogens is 617 g/mol. The molecule has 10 nitrogen and oxygen atoms in total. The van der Waals surface area contributed by atoms with Crippen molar-refractivity contribution in [1.29, 1.82) is 0 Å². The zero-order valence-corrected chi connectivity index (χ0v) is 28.7. The third-order valence-electron chi connectivity index (χ3n) is 7.12. The summed E-state index contributed by atoms with van der Waals surface area (Å²) in [6.45, 7) is 8.23. The Morgan fingerprint density at radius 1 is 0.809 bits per heavy atom. The number of ether oxygens (including phenoxy) is 3. The summed E-state index contributed by atoms with van der Waals surface area (Å²) < 4.78 is 45.2. The van der Waals surface area contributed by atoms with E-state index in [1.807, 2.05) is 91.0 Å². The molecule has 1 N–H and O–H groups in total. The van der Waals surface area contributed by atoms with Crippen molar-refractivity contribution in [1.82, 2.24) is 9.55 Å². The first-order valence-corrected chi connectivity index (χ1v) is 17.6. The molecule has 0 unspecified atom stereocenters. The van der Waals surface area contributed by atoms with E-state index in [0.29, 0.717) is 19.0 Å². The van der Waals surface area contributed by atoms with Gasteiger partial charge in [0.25, 0.3) is 0 Å². The minimum Gasteiger partial charge on any atom is -0.383 e. The highest BCUT2D eigenvalue weighted by molar-refractivity contribution is 7.53. The molecule has 1 atom stereocenters. The summed E-state index contributed by atoms with van der Waals surface area (Å²) in [5.41, 5.74) is 1.24. The predicted octanol–water partition coefficient (Wildman–Crippen LogP) is 6.70. The molecule has 0 saturated carbocycles. The van der Waals surface area contributed by atoms with Crippen molar-refractivity contribution in [2.24, 2.45) is 0 Å². The van der Waals surface area contributed by atoms with Crippen LogP contribution in [0.5, 0.6) is 0 Å². The fraction of sp³-hybridized carbons (Fsp3) is 0.389. The van der Waals surface area contributed by atoms with Gasteiger partial charge in [-0.3, -0.25) is 9.13 Å². The lowest BCUT2D eigenvalue weighted by Gasteiger charge is -2.37. The third kappa shape index (κ3) is 10.2. The fourth-order valence-electron chi connectivity index (χ4n) is 5.23. The van der Waals surface area contributed by atoms with Crippen LogP contribution in [0, 0.1) is 0 Å². The van der Waals surface area contributed by atoms with Crippen molar-refractivity contribution in [3.8, 4) is 0 Å². The number of rotatable bonds is 19. The second kappa shape index (κ2) is 17.5. The molecule has 47 heavy (non-hydrogen) atoms. The molecule has 0 saturated heterocycles. The molecule has 1 heterocycles. The van der Waals surface area contributed by atoms with E-state index in [0.717, 1.165) is 16.7 Å². The molecular formula is C36H46N3O7P. The average Bonchev–Trinajstić information content (AvgIpc) is 3.05. The van der Waals surface area contributed by atoms with Gasteiger partial charge in [-0.1, -0.05) is 91.0 Å². The molecule has 252 valence electrons. The van der Waals surface area contributed by atoms with Crippen LogP contribution >= 0.6 is 7.60 Å². The predicted molar refractivity (Wildman–Crippen MR) is 184 cm³/mol. The van der Waals surface area contributed by atoms with E-state index in [1.165, 1.54) is 4.57 Å². The van der Waals surface area contributed by atoms with E-state index in [2.05, 4.69) is 10.3 Å². The van der Waals surface area contributed by atoms with Crippen molar-refractivity contribution >= 4 is 13.4 Å². The highest BCUT2D eigenvalue weighted by atomic mass is 31.2. The molecule has 3 aromatic carbocycles. The lowest BCUT2D eigenvalue weighted by Crippen LogP contribution is -2.39. The van der Waals surface area contributed by atoms with Gasteiger partial charge in [-0.2, -0.15) is 4.98 Å². The Morgan fingerprint density at radius 2 is 1.32 bits per heavy atom. The van der Waals surface area contributed by atoms with Crippen LogP contribution < -0.4 is 11.0 Å². The van der Waals surface area contributed by atoms with Gasteiger partial charge in [0.05, 0.1) is 38.1 Å². The van der Waals surface area contributed by atoms with Crippen molar-refractivity contribution < 1.29 is 27.8 Å². The number of hydrogen-bond donors (Lipinski definition) is 1. The first-order chi connectivity index (χ1) is 22.6. The Morgan fingerprint density at radius 3 is 1.77 bits per heavy atom. The topological polar surface area (TPSA) is 110 Å². The van der Waals surface area contributed by atoms with E-state index >= 15 is 0 Å². The molecule has 1 aromatic heterocycles. The van der Waals surface area contributed by atoms with Gasteiger partial charge in [0, 0.05) is 19.9 Å². The highest BCUT2D eigenvalue weighted by Gasteiger charge is 2.39. The summed E-state index contributed by atoms with van der Waals surface area (Å²) in [5, 5.41) is 3.07. The number of aromatic nitrogens is 2. The molecule has 0 amide bonds. The maximum Gasteiger partial charge on any atom is 0.356 e. The Kier molecular flexibility index (Phi) is 13.5. The van der Waals surface area contributed by atoms with Crippen molar-refractivity contribution in [3.05, 3.63) is 130 Å². The number of benzene rings is 3. The van der Waals surface area contributed by atoms with Crippen LogP contribution in [0.25, 0.3) is 0 Å². The standard InChI is InChI=1S/C36H46N3O7P/c1-28(2)45-47(41,46-29(3)4)27-43-33(25-39-23-21-34(38-35(39)40)37-22-24-42-5)26-44-36(30-15-9-6-10-16-30,31-17-11-7-12-18-31)32-19-13-8-14-20-32/h6-21,23,28-29,33H,22,24-27H2,1-5H3,(H,37,38,40)/t33-/m0/s1. The van der Waals surface area contributed by atoms with E-state index in [1.54, 1.807) is 47.1 Å². The Bertz CT molecular complexity index is 1490. The first-order valence-electron chi connectivity index (χ1n) is 15.8. The summed E-state index contributed by atoms with van der Waals surface area (Å²) in [5.74, 6) is 0.438. The monoisotopic (exact) mass is 663 g/mol. The minimum atomic E-state index is -3.67. The molecule has 0 fully saturated rings. The SMILES string of the molecule is COCCNc1ccn(C[C@@H](COC(c2ccccc2)(c2ccccc2)c2ccccc2)OCP(=O)(OC(C)C)OC(C)C)c(=O)n1. The number of nitrogens with zero attached hydrogens (tertiary/aromatic N) is 2. The van der Waals surface area contributed by atoms with Crippen LogP contribution in [0.1, 0.15) is 44.4 Å². The maximum atomic E-state index is 13.8. The molecule has 0 spiro atoms. The van der Waals surface area contributed by atoms with Crippen LogP contribution in [-0.4, -0.2) is 61.1 Å². The number of hydrogen-bond acceptors (Lipinski definition) is 9. The maximum absolute atomic E-state index is 13.8. The van der Waals surface area contributed by atoms with E-state index in [-0.39, 0.29) is 31.7 Å². The summed E-state index contributed by atoms with van der Waals surface area (Å²) in [4.78, 5) is 17.3. The quantitative estimate of drug-likeness (QED) is 0.0666. The molecule has 4 aromatic rings. The van der Waals surface area contributed by atoms with Crippen LogP contribution in [0.15, 0.2) is 108 Å². The normalized spacial score (nSPS) is 12.8. The second-order valence-corrected chi connectivity index (χ2v) is 13.5. The van der Waals surface area contributed by atoms with Crippen molar-refractivity contribution in [3.63, 3.8) is 0 Å². The second-order valence-electron chi connectivity index (χ2n) is 11.6. The van der Waals surface area contributed by atoms with E-state index < -0.39 is 25.0 Å². The summed E-state index contributed by atoms with van der Waals surface area (Å²) in [6.07, 6.45) is -0.147. The molecule has 4 rings (SSSR count). The highest BCUT2D eigenvalue weighted by Crippen LogP contribution is 2.51. The molecule has 0 aliphatic rings. The van der Waals surface area contributed by atoms with Crippen LogP contribution in [0.2, 0.25) is 0 Å². The van der Waals surface area contributed by atoms with E-state index in [4.69, 9.17) is 23.3 Å². The van der Waals surface area contributed by atoms with Gasteiger partial charge >= 0.3 is 13.3 Å². The third-order valence-corrected chi connectivity index (χ3v) is 9.08. The molecule has 11 heteroatoms. The van der Waals surface area contributed by atoms with Gasteiger partial charge < -0.3 is 28.6 Å². The first kappa shape index (κ1) is 36.2. The Balaban J connectivity index is 1.72.